The van der Waals surface area contributed by atoms with Crippen LogP contribution < -0.4 is 19.9 Å². The van der Waals surface area contributed by atoms with E-state index in [1.165, 1.54) is 7.05 Å². The number of urea groups is 1. The van der Waals surface area contributed by atoms with Gasteiger partial charge in [-0.05, 0) is 54.4 Å². The summed E-state index contributed by atoms with van der Waals surface area (Å²) in [5.41, 5.74) is 2.66. The topological polar surface area (TPSA) is 111 Å². The van der Waals surface area contributed by atoms with Crippen LogP contribution in [0.25, 0.3) is 0 Å². The molecule has 0 atom stereocenters. The zero-order valence-electron chi connectivity index (χ0n) is 19.7. The Morgan fingerprint density at radius 1 is 1.06 bits per heavy atom. The van der Waals surface area contributed by atoms with E-state index in [2.05, 4.69) is 20.2 Å². The number of pyridine rings is 2. The Balaban J connectivity index is 1.36. The standard InChI is InChI=1S/C25H28N6O4/c1-18-5-3-6-20(15-18)28-24(32)31-13-11-30(12-14-31)23-21(7-4-9-27-23)35-17-19-8-10-26-22(16-19)29(2)25(33)34/h3-10,15-16H,11-14,17H2,1-2H3,(H,28,32)(H,33,34). The van der Waals surface area contributed by atoms with Gasteiger partial charge in [-0.25, -0.2) is 19.6 Å². The SMILES string of the molecule is Cc1cccc(NC(=O)N2CCN(c3ncccc3OCc3ccnc(N(C)C(=O)O)c3)CC2)c1. The summed E-state index contributed by atoms with van der Waals surface area (Å²) in [5.74, 6) is 1.66. The van der Waals surface area contributed by atoms with Gasteiger partial charge in [0.2, 0.25) is 0 Å². The van der Waals surface area contributed by atoms with Crippen LogP contribution >= 0.6 is 0 Å². The maximum Gasteiger partial charge on any atom is 0.412 e. The lowest BCUT2D eigenvalue weighted by atomic mass is 10.2. The smallest absolute Gasteiger partial charge is 0.412 e. The Bertz CT molecular complexity index is 1200. The minimum absolute atomic E-state index is 0.118. The van der Waals surface area contributed by atoms with E-state index in [0.717, 1.165) is 21.7 Å². The van der Waals surface area contributed by atoms with E-state index in [1.807, 2.05) is 37.3 Å². The van der Waals surface area contributed by atoms with Gasteiger partial charge in [-0.3, -0.25) is 4.90 Å². The molecule has 1 aliphatic rings. The van der Waals surface area contributed by atoms with Crippen molar-refractivity contribution in [3.63, 3.8) is 0 Å². The third-order valence-electron chi connectivity index (χ3n) is 5.72. The molecule has 4 rings (SSSR count). The van der Waals surface area contributed by atoms with Crippen molar-refractivity contribution in [2.75, 3.05) is 48.3 Å². The van der Waals surface area contributed by atoms with Crippen LogP contribution in [0.5, 0.6) is 5.75 Å². The number of aryl methyl sites for hydroxylation is 1. The Hall–Kier alpha value is -4.34. The maximum atomic E-state index is 12.7. The molecule has 3 aromatic rings. The van der Waals surface area contributed by atoms with Crippen LogP contribution in [0.1, 0.15) is 11.1 Å². The molecule has 3 heterocycles. The number of benzene rings is 1. The maximum absolute atomic E-state index is 12.7. The van der Waals surface area contributed by atoms with E-state index in [-0.39, 0.29) is 12.6 Å². The van der Waals surface area contributed by atoms with Gasteiger partial charge in [-0.15, -0.1) is 0 Å². The van der Waals surface area contributed by atoms with Gasteiger partial charge in [0.1, 0.15) is 12.4 Å². The average molecular weight is 477 g/mol. The summed E-state index contributed by atoms with van der Waals surface area (Å²) in [7, 11) is 1.44. The molecule has 0 unspecified atom stereocenters. The molecule has 0 radical (unpaired) electrons. The number of hydrogen-bond donors (Lipinski definition) is 2. The molecule has 1 aromatic carbocycles. The molecule has 1 aliphatic heterocycles. The zero-order chi connectivity index (χ0) is 24.8. The lowest BCUT2D eigenvalue weighted by Crippen LogP contribution is -2.50. The first-order valence-corrected chi connectivity index (χ1v) is 11.3. The van der Waals surface area contributed by atoms with Gasteiger partial charge < -0.3 is 25.0 Å². The summed E-state index contributed by atoms with van der Waals surface area (Å²) in [6.45, 7) is 4.59. The van der Waals surface area contributed by atoms with Crippen molar-refractivity contribution in [2.24, 2.45) is 0 Å². The number of piperazine rings is 1. The molecule has 1 saturated heterocycles. The molecule has 0 aliphatic carbocycles. The third kappa shape index (κ3) is 5.97. The van der Waals surface area contributed by atoms with Crippen molar-refractivity contribution >= 4 is 29.4 Å². The number of anilines is 3. The second-order valence-electron chi connectivity index (χ2n) is 8.25. The number of aromatic nitrogens is 2. The molecule has 1 fully saturated rings. The summed E-state index contributed by atoms with van der Waals surface area (Å²) >= 11 is 0. The number of ether oxygens (including phenoxy) is 1. The van der Waals surface area contributed by atoms with Gasteiger partial charge in [-0.1, -0.05) is 12.1 Å². The van der Waals surface area contributed by atoms with Crippen LogP contribution in [0.15, 0.2) is 60.9 Å². The molecule has 0 saturated carbocycles. The normalized spacial score (nSPS) is 13.3. The van der Waals surface area contributed by atoms with Crippen LogP contribution in [-0.2, 0) is 6.61 Å². The van der Waals surface area contributed by atoms with E-state index < -0.39 is 6.09 Å². The molecule has 2 aromatic heterocycles. The van der Waals surface area contributed by atoms with Crippen molar-refractivity contribution in [1.82, 2.24) is 14.9 Å². The van der Waals surface area contributed by atoms with E-state index in [9.17, 15) is 9.59 Å². The summed E-state index contributed by atoms with van der Waals surface area (Å²) < 4.78 is 6.05. The largest absolute Gasteiger partial charge is 0.485 e. The van der Waals surface area contributed by atoms with Crippen molar-refractivity contribution in [3.05, 3.63) is 72.1 Å². The average Bonchev–Trinajstić information content (AvgIpc) is 2.87. The van der Waals surface area contributed by atoms with Crippen molar-refractivity contribution in [1.29, 1.82) is 0 Å². The molecule has 35 heavy (non-hydrogen) atoms. The molecule has 10 heteroatoms. The number of rotatable bonds is 6. The molecular formula is C25H28N6O4. The fraction of sp³-hybridized carbons (Fsp3) is 0.280. The van der Waals surface area contributed by atoms with Crippen LogP contribution in [0.4, 0.5) is 26.9 Å². The van der Waals surface area contributed by atoms with Gasteiger partial charge >= 0.3 is 12.1 Å². The summed E-state index contributed by atoms with van der Waals surface area (Å²) in [6.07, 6.45) is 2.18. The highest BCUT2D eigenvalue weighted by Gasteiger charge is 2.24. The third-order valence-corrected chi connectivity index (χ3v) is 5.72. The van der Waals surface area contributed by atoms with Gasteiger partial charge in [0, 0.05) is 51.3 Å². The lowest BCUT2D eigenvalue weighted by Gasteiger charge is -2.35. The number of amides is 3. The molecule has 3 amide bonds. The Morgan fingerprint density at radius 2 is 1.86 bits per heavy atom. The van der Waals surface area contributed by atoms with Crippen molar-refractivity contribution in [3.8, 4) is 5.75 Å². The van der Waals surface area contributed by atoms with Crippen LogP contribution in [-0.4, -0.2) is 65.3 Å². The van der Waals surface area contributed by atoms with Gasteiger partial charge in [0.25, 0.3) is 0 Å². The number of nitrogens with one attached hydrogen (secondary N) is 1. The van der Waals surface area contributed by atoms with Gasteiger partial charge in [0.05, 0.1) is 0 Å². The molecular weight excluding hydrogens is 448 g/mol. The van der Waals surface area contributed by atoms with Crippen molar-refractivity contribution < 1.29 is 19.4 Å². The lowest BCUT2D eigenvalue weighted by molar-refractivity contribution is 0.203. The van der Waals surface area contributed by atoms with Crippen LogP contribution in [0.3, 0.4) is 0 Å². The molecule has 2 N–H and O–H groups in total. The Labute approximate surface area is 203 Å². The monoisotopic (exact) mass is 476 g/mol. The first kappa shape index (κ1) is 23.8. The van der Waals surface area contributed by atoms with Crippen LogP contribution in [0, 0.1) is 6.92 Å². The highest BCUT2D eigenvalue weighted by Crippen LogP contribution is 2.27. The molecule has 0 bridgehead atoms. The van der Waals surface area contributed by atoms with E-state index in [4.69, 9.17) is 9.84 Å². The molecule has 10 nitrogen and oxygen atoms in total. The number of hydrogen-bond acceptors (Lipinski definition) is 6. The minimum atomic E-state index is -1.09. The summed E-state index contributed by atoms with van der Waals surface area (Å²) in [5, 5.41) is 12.1. The first-order valence-electron chi connectivity index (χ1n) is 11.3. The summed E-state index contributed by atoms with van der Waals surface area (Å²) in [4.78, 5) is 37.4. The van der Waals surface area contributed by atoms with E-state index >= 15 is 0 Å². The Kier molecular flexibility index (Phi) is 7.30. The van der Waals surface area contributed by atoms with E-state index in [1.54, 1.807) is 35.5 Å². The Morgan fingerprint density at radius 3 is 2.60 bits per heavy atom. The second-order valence-corrected chi connectivity index (χ2v) is 8.25. The number of carbonyl (C=O) groups excluding carboxylic acids is 1. The van der Waals surface area contributed by atoms with E-state index in [0.29, 0.717) is 43.6 Å². The van der Waals surface area contributed by atoms with Gasteiger partial charge in [-0.2, -0.15) is 0 Å². The second kappa shape index (κ2) is 10.7. The zero-order valence-corrected chi connectivity index (χ0v) is 19.7. The van der Waals surface area contributed by atoms with Crippen molar-refractivity contribution in [2.45, 2.75) is 13.5 Å². The van der Waals surface area contributed by atoms with Crippen LogP contribution in [0.2, 0.25) is 0 Å². The minimum Gasteiger partial charge on any atom is -0.485 e. The first-order chi connectivity index (χ1) is 16.9. The predicted octanol–water partition coefficient (Wildman–Crippen LogP) is 3.83. The predicted molar refractivity (Wildman–Crippen MR) is 133 cm³/mol. The fourth-order valence-electron chi connectivity index (χ4n) is 3.77. The fourth-order valence-corrected chi connectivity index (χ4v) is 3.77. The molecule has 0 spiro atoms. The highest BCUT2D eigenvalue weighted by molar-refractivity contribution is 5.89. The molecule has 182 valence electrons. The number of carboxylic acid groups (broad SMARTS) is 1. The number of nitrogens with zero attached hydrogens (tertiary/aromatic N) is 5. The van der Waals surface area contributed by atoms with Gasteiger partial charge in [0.15, 0.2) is 11.6 Å². The summed E-state index contributed by atoms with van der Waals surface area (Å²) in [6, 6.07) is 14.7. The number of carbonyl (C=O) groups is 2. The highest BCUT2D eigenvalue weighted by atomic mass is 16.5. The quantitative estimate of drug-likeness (QED) is 0.556.